The second kappa shape index (κ2) is 4.64. The van der Waals surface area contributed by atoms with Crippen molar-refractivity contribution in [3.8, 4) is 0 Å². The molecule has 0 bridgehead atoms. The third kappa shape index (κ3) is 1.83. The summed E-state index contributed by atoms with van der Waals surface area (Å²) in [5.41, 5.74) is 2.96. The van der Waals surface area contributed by atoms with Gasteiger partial charge in [0.1, 0.15) is 5.52 Å². The summed E-state index contributed by atoms with van der Waals surface area (Å²) in [5.74, 6) is 0. The van der Waals surface area contributed by atoms with Gasteiger partial charge in [-0.1, -0.05) is 12.1 Å². The van der Waals surface area contributed by atoms with Crippen LogP contribution in [0.5, 0.6) is 0 Å². The van der Waals surface area contributed by atoms with E-state index < -0.39 is 0 Å². The summed E-state index contributed by atoms with van der Waals surface area (Å²) in [6.45, 7) is 1.61. The van der Waals surface area contributed by atoms with Crippen molar-refractivity contribution < 1.29 is 9.30 Å². The number of fused-ring (bicyclic) bond motifs is 3. The molecule has 102 valence electrons. The van der Waals surface area contributed by atoms with Crippen molar-refractivity contribution in [2.24, 2.45) is 0 Å². The molecule has 0 spiro atoms. The first-order chi connectivity index (χ1) is 9.83. The molecule has 5 nitrogen and oxygen atoms in total. The van der Waals surface area contributed by atoms with Crippen LogP contribution in [0, 0.1) is 4.77 Å². The van der Waals surface area contributed by atoms with E-state index in [4.69, 9.17) is 17.0 Å². The lowest BCUT2D eigenvalue weighted by molar-refractivity contribution is -0.689. The first-order valence-corrected chi connectivity index (χ1v) is 7.24. The van der Waals surface area contributed by atoms with Gasteiger partial charge in [-0.2, -0.15) is 5.10 Å². The molecule has 0 saturated carbocycles. The molecule has 2 aromatic heterocycles. The standard InChI is InChI=1S/C14H14N4OS/c20-14-17-16-12-10-5-1-2-6-11(10)15-13(12)18(14)8-9-4-3-7-19-9/h1-2,5-6,9H,3-4,7-8H2,(H,15,17,20)/p+1/t9-/m1/s1. The van der Waals surface area contributed by atoms with Gasteiger partial charge in [-0.15, -0.1) is 5.10 Å². The second-order valence-electron chi connectivity index (χ2n) is 5.14. The third-order valence-electron chi connectivity index (χ3n) is 3.85. The lowest BCUT2D eigenvalue weighted by Gasteiger charge is -2.08. The van der Waals surface area contributed by atoms with E-state index in [1.54, 1.807) is 0 Å². The van der Waals surface area contributed by atoms with Crippen LogP contribution in [0.2, 0.25) is 0 Å². The van der Waals surface area contributed by atoms with Gasteiger partial charge in [0.15, 0.2) is 5.52 Å². The highest BCUT2D eigenvalue weighted by Crippen LogP contribution is 2.21. The Hall–Kier alpha value is -1.79. The van der Waals surface area contributed by atoms with Gasteiger partial charge in [-0.25, -0.2) is 4.57 Å². The maximum Gasteiger partial charge on any atom is 0.314 e. The van der Waals surface area contributed by atoms with Crippen LogP contribution in [0.25, 0.3) is 22.1 Å². The highest BCUT2D eigenvalue weighted by Gasteiger charge is 2.22. The van der Waals surface area contributed by atoms with E-state index in [-0.39, 0.29) is 6.10 Å². The molecule has 1 saturated heterocycles. The van der Waals surface area contributed by atoms with Crippen LogP contribution in [0.1, 0.15) is 12.8 Å². The molecule has 1 atom stereocenters. The zero-order chi connectivity index (χ0) is 13.5. The van der Waals surface area contributed by atoms with E-state index in [9.17, 15) is 0 Å². The summed E-state index contributed by atoms with van der Waals surface area (Å²) >= 11 is 5.39. The fourth-order valence-corrected chi connectivity index (χ4v) is 3.06. The van der Waals surface area contributed by atoms with Crippen molar-refractivity contribution in [3.63, 3.8) is 0 Å². The minimum Gasteiger partial charge on any atom is -0.375 e. The molecule has 3 heterocycles. The number of para-hydroxylation sites is 1. The molecular weight excluding hydrogens is 272 g/mol. The number of aromatic nitrogens is 4. The van der Waals surface area contributed by atoms with Crippen LogP contribution in [0.15, 0.2) is 24.3 Å². The van der Waals surface area contributed by atoms with E-state index in [1.807, 2.05) is 12.1 Å². The Morgan fingerprint density at radius 3 is 3.15 bits per heavy atom. The van der Waals surface area contributed by atoms with Crippen LogP contribution >= 0.6 is 12.2 Å². The van der Waals surface area contributed by atoms with Gasteiger partial charge in [0.25, 0.3) is 5.65 Å². The quantitative estimate of drug-likeness (QED) is 0.561. The SMILES string of the molecule is S=c1[nH]nc2c3ccccc3[nH]c2[n+]1C[C@H]1CCCO1. The maximum absolute atomic E-state index is 5.72. The van der Waals surface area contributed by atoms with E-state index in [0.717, 1.165) is 48.1 Å². The monoisotopic (exact) mass is 287 g/mol. The topological polar surface area (TPSA) is 57.6 Å². The Kier molecular flexibility index (Phi) is 2.78. The van der Waals surface area contributed by atoms with Crippen LogP contribution in [0.4, 0.5) is 0 Å². The van der Waals surface area contributed by atoms with Gasteiger partial charge in [-0.05, 0) is 37.2 Å². The Labute approximate surface area is 120 Å². The highest BCUT2D eigenvalue weighted by molar-refractivity contribution is 7.71. The van der Waals surface area contributed by atoms with Gasteiger partial charge >= 0.3 is 4.77 Å². The Bertz CT molecular complexity index is 832. The first-order valence-electron chi connectivity index (χ1n) is 6.83. The molecule has 0 aliphatic carbocycles. The van der Waals surface area contributed by atoms with E-state index >= 15 is 0 Å². The molecule has 20 heavy (non-hydrogen) atoms. The number of nitrogens with zero attached hydrogens (tertiary/aromatic N) is 2. The lowest BCUT2D eigenvalue weighted by Crippen LogP contribution is -2.42. The minimum absolute atomic E-state index is 0.243. The second-order valence-corrected chi connectivity index (χ2v) is 5.53. The number of hydrogen-bond acceptors (Lipinski definition) is 3. The maximum atomic E-state index is 5.72. The number of ether oxygens (including phenoxy) is 1. The van der Waals surface area contributed by atoms with Crippen molar-refractivity contribution in [2.45, 2.75) is 25.5 Å². The van der Waals surface area contributed by atoms with Gasteiger partial charge in [0.2, 0.25) is 0 Å². The summed E-state index contributed by atoms with van der Waals surface area (Å²) in [6.07, 6.45) is 2.46. The number of hydrogen-bond donors (Lipinski definition) is 2. The fraction of sp³-hybridized carbons (Fsp3) is 0.357. The number of benzene rings is 1. The number of H-pyrrole nitrogens is 2. The molecule has 0 unspecified atom stereocenters. The Morgan fingerprint density at radius 2 is 2.30 bits per heavy atom. The number of aromatic amines is 2. The minimum atomic E-state index is 0.243. The first kappa shape index (κ1) is 12.0. The van der Waals surface area contributed by atoms with Crippen molar-refractivity contribution >= 4 is 34.3 Å². The molecule has 6 heteroatoms. The molecule has 0 amide bonds. The average Bonchev–Trinajstić information content (AvgIpc) is 3.09. The highest BCUT2D eigenvalue weighted by atomic mass is 32.1. The molecule has 3 aromatic rings. The normalized spacial score (nSPS) is 19.1. The van der Waals surface area contributed by atoms with Gasteiger partial charge in [0.05, 0.1) is 12.6 Å². The van der Waals surface area contributed by atoms with Crippen LogP contribution in [-0.2, 0) is 11.3 Å². The third-order valence-corrected chi connectivity index (χ3v) is 4.16. The predicted molar refractivity (Wildman–Crippen MR) is 78.0 cm³/mol. The summed E-state index contributed by atoms with van der Waals surface area (Å²) in [4.78, 5) is 3.42. The summed E-state index contributed by atoms with van der Waals surface area (Å²) in [5, 5.41) is 8.44. The molecule has 1 aromatic carbocycles. The summed E-state index contributed by atoms with van der Waals surface area (Å²) in [7, 11) is 0. The number of rotatable bonds is 2. The van der Waals surface area contributed by atoms with Crippen molar-refractivity contribution in [2.75, 3.05) is 6.61 Å². The van der Waals surface area contributed by atoms with E-state index in [0.29, 0.717) is 4.77 Å². The van der Waals surface area contributed by atoms with Crippen molar-refractivity contribution in [1.82, 2.24) is 15.2 Å². The number of nitrogens with one attached hydrogen (secondary N) is 2. The zero-order valence-corrected chi connectivity index (χ0v) is 11.7. The molecule has 1 fully saturated rings. The molecule has 1 aliphatic heterocycles. The van der Waals surface area contributed by atoms with Gasteiger partial charge < -0.3 is 4.74 Å². The fourth-order valence-electron chi connectivity index (χ4n) is 2.85. The van der Waals surface area contributed by atoms with Crippen molar-refractivity contribution in [1.29, 1.82) is 0 Å². The molecular formula is C14H15N4OS+. The van der Waals surface area contributed by atoms with Gasteiger partial charge in [0, 0.05) is 12.0 Å². The summed E-state index contributed by atoms with van der Waals surface area (Å²) in [6, 6.07) is 8.15. The lowest BCUT2D eigenvalue weighted by atomic mass is 10.2. The smallest absolute Gasteiger partial charge is 0.314 e. The van der Waals surface area contributed by atoms with E-state index in [1.165, 1.54) is 0 Å². The zero-order valence-electron chi connectivity index (χ0n) is 10.9. The van der Waals surface area contributed by atoms with Crippen LogP contribution < -0.4 is 4.57 Å². The summed E-state index contributed by atoms with van der Waals surface area (Å²) < 4.78 is 8.41. The Balaban J connectivity index is 1.93. The molecule has 4 rings (SSSR count). The predicted octanol–water partition coefficient (Wildman–Crippen LogP) is 2.24. The largest absolute Gasteiger partial charge is 0.375 e. The van der Waals surface area contributed by atoms with Gasteiger partial charge in [-0.3, -0.25) is 4.98 Å². The Morgan fingerprint density at radius 1 is 1.40 bits per heavy atom. The molecule has 1 aliphatic rings. The van der Waals surface area contributed by atoms with Crippen molar-refractivity contribution in [3.05, 3.63) is 29.0 Å². The van der Waals surface area contributed by atoms with Crippen LogP contribution in [-0.4, -0.2) is 27.9 Å². The molecule has 2 N–H and O–H groups in total. The average molecular weight is 287 g/mol. The van der Waals surface area contributed by atoms with E-state index in [2.05, 4.69) is 31.9 Å². The van der Waals surface area contributed by atoms with Crippen LogP contribution in [0.3, 0.4) is 0 Å². The molecule has 0 radical (unpaired) electrons.